The van der Waals surface area contributed by atoms with Crippen molar-refractivity contribution in [1.82, 2.24) is 0 Å². The lowest BCUT2D eigenvalue weighted by Gasteiger charge is -2.22. The molecule has 0 aromatic heterocycles. The number of ether oxygens (including phenoxy) is 2. The molecule has 0 unspecified atom stereocenters. The second-order valence-corrected chi connectivity index (χ2v) is 2.53. The van der Waals surface area contributed by atoms with Crippen molar-refractivity contribution in [3.63, 3.8) is 0 Å². The lowest BCUT2D eigenvalue weighted by Crippen LogP contribution is -2.45. The van der Waals surface area contributed by atoms with Gasteiger partial charge in [0.2, 0.25) is 0 Å². The summed E-state index contributed by atoms with van der Waals surface area (Å²) in [6.07, 6.45) is 0. The molecule has 0 amide bonds. The standard InChI is InChI=1S/C6H13NO3.ClH/c7-3-6(8)4-9-1-2-10-5-6;/h8H,1-5,7H2;1H. The van der Waals surface area contributed by atoms with Crippen LogP contribution in [0.5, 0.6) is 0 Å². The van der Waals surface area contributed by atoms with Gasteiger partial charge in [-0.15, -0.1) is 12.4 Å². The molecule has 1 saturated heterocycles. The lowest BCUT2D eigenvalue weighted by molar-refractivity contribution is -0.0474. The van der Waals surface area contributed by atoms with Crippen LogP contribution in [0.25, 0.3) is 0 Å². The van der Waals surface area contributed by atoms with Crippen LogP contribution in [0.4, 0.5) is 0 Å². The predicted molar refractivity (Wildman–Crippen MR) is 42.9 cm³/mol. The minimum atomic E-state index is -0.962. The van der Waals surface area contributed by atoms with E-state index in [-0.39, 0.29) is 32.2 Å². The summed E-state index contributed by atoms with van der Waals surface area (Å²) in [4.78, 5) is 0. The van der Waals surface area contributed by atoms with Gasteiger partial charge in [-0.05, 0) is 0 Å². The van der Waals surface area contributed by atoms with E-state index in [0.717, 1.165) is 0 Å². The summed E-state index contributed by atoms with van der Waals surface area (Å²) in [5, 5.41) is 9.48. The minimum Gasteiger partial charge on any atom is -0.384 e. The smallest absolute Gasteiger partial charge is 0.123 e. The molecule has 0 bridgehead atoms. The summed E-state index contributed by atoms with van der Waals surface area (Å²) in [5.41, 5.74) is 4.34. The van der Waals surface area contributed by atoms with Crippen molar-refractivity contribution >= 4 is 12.4 Å². The summed E-state index contributed by atoms with van der Waals surface area (Å²) in [6.45, 7) is 1.84. The lowest BCUT2D eigenvalue weighted by atomic mass is 10.1. The number of aliphatic hydroxyl groups is 1. The van der Waals surface area contributed by atoms with Crippen LogP contribution in [0, 0.1) is 0 Å². The van der Waals surface area contributed by atoms with Gasteiger partial charge in [-0.3, -0.25) is 0 Å². The van der Waals surface area contributed by atoms with Gasteiger partial charge in [-0.1, -0.05) is 0 Å². The molecule has 3 N–H and O–H groups in total. The molecule has 0 aromatic carbocycles. The quantitative estimate of drug-likeness (QED) is 0.556. The first kappa shape index (κ1) is 11.1. The zero-order chi connectivity index (χ0) is 7.45. The molecule has 68 valence electrons. The van der Waals surface area contributed by atoms with Crippen molar-refractivity contribution in [1.29, 1.82) is 0 Å². The molecule has 0 spiro atoms. The van der Waals surface area contributed by atoms with Gasteiger partial charge in [-0.25, -0.2) is 0 Å². The normalized spacial score (nSPS) is 23.5. The number of rotatable bonds is 1. The molecule has 1 fully saturated rings. The second kappa shape index (κ2) is 4.90. The van der Waals surface area contributed by atoms with E-state index in [4.69, 9.17) is 15.2 Å². The highest BCUT2D eigenvalue weighted by Crippen LogP contribution is 2.06. The molecule has 0 aliphatic carbocycles. The fourth-order valence-corrected chi connectivity index (χ4v) is 0.802. The van der Waals surface area contributed by atoms with Crippen LogP contribution >= 0.6 is 12.4 Å². The fourth-order valence-electron chi connectivity index (χ4n) is 0.802. The van der Waals surface area contributed by atoms with Gasteiger partial charge in [-0.2, -0.15) is 0 Å². The molecule has 1 aliphatic rings. The van der Waals surface area contributed by atoms with Crippen molar-refractivity contribution < 1.29 is 14.6 Å². The SMILES string of the molecule is Cl.NCC1(O)COCCOC1. The average molecular weight is 184 g/mol. The van der Waals surface area contributed by atoms with Gasteiger partial charge < -0.3 is 20.3 Å². The summed E-state index contributed by atoms with van der Waals surface area (Å²) in [7, 11) is 0. The van der Waals surface area contributed by atoms with Gasteiger partial charge >= 0.3 is 0 Å². The van der Waals surface area contributed by atoms with Crippen molar-refractivity contribution in [2.75, 3.05) is 33.0 Å². The molecule has 1 aliphatic heterocycles. The van der Waals surface area contributed by atoms with Gasteiger partial charge in [0.25, 0.3) is 0 Å². The Morgan fingerprint density at radius 3 is 2.09 bits per heavy atom. The first-order valence-electron chi connectivity index (χ1n) is 3.35. The Balaban J connectivity index is 0.000001000. The van der Waals surface area contributed by atoms with Gasteiger partial charge in [0.1, 0.15) is 5.60 Å². The van der Waals surface area contributed by atoms with E-state index in [0.29, 0.717) is 13.2 Å². The molecule has 0 aromatic rings. The topological polar surface area (TPSA) is 64.7 Å². The van der Waals surface area contributed by atoms with Crippen molar-refractivity contribution in [3.05, 3.63) is 0 Å². The van der Waals surface area contributed by atoms with E-state index in [1.54, 1.807) is 0 Å². The van der Waals surface area contributed by atoms with Gasteiger partial charge in [0.05, 0.1) is 26.4 Å². The molecule has 5 heteroatoms. The molecule has 1 heterocycles. The maximum absolute atomic E-state index is 9.48. The molecule has 11 heavy (non-hydrogen) atoms. The van der Waals surface area contributed by atoms with Crippen molar-refractivity contribution in [2.24, 2.45) is 5.73 Å². The molecular formula is C6H14ClNO3. The Morgan fingerprint density at radius 2 is 1.73 bits per heavy atom. The van der Waals surface area contributed by atoms with Crippen LogP contribution in [-0.4, -0.2) is 43.7 Å². The van der Waals surface area contributed by atoms with Crippen LogP contribution in [0.15, 0.2) is 0 Å². The zero-order valence-corrected chi connectivity index (χ0v) is 7.10. The molecule has 0 radical (unpaired) electrons. The predicted octanol–water partition coefficient (Wildman–Crippen LogP) is -0.855. The first-order chi connectivity index (χ1) is 4.77. The largest absolute Gasteiger partial charge is 0.384 e. The molecule has 0 atom stereocenters. The van der Waals surface area contributed by atoms with Crippen molar-refractivity contribution in [3.8, 4) is 0 Å². The van der Waals surface area contributed by atoms with E-state index in [1.807, 2.05) is 0 Å². The van der Waals surface area contributed by atoms with Crippen LogP contribution < -0.4 is 5.73 Å². The highest BCUT2D eigenvalue weighted by atomic mass is 35.5. The van der Waals surface area contributed by atoms with Gasteiger partial charge in [0.15, 0.2) is 0 Å². The second-order valence-electron chi connectivity index (χ2n) is 2.53. The third-order valence-corrected chi connectivity index (χ3v) is 1.49. The van der Waals surface area contributed by atoms with E-state index in [1.165, 1.54) is 0 Å². The molecule has 4 nitrogen and oxygen atoms in total. The Morgan fingerprint density at radius 1 is 1.27 bits per heavy atom. The maximum atomic E-state index is 9.48. The maximum Gasteiger partial charge on any atom is 0.123 e. The average Bonchev–Trinajstić information content (AvgIpc) is 2.15. The Hall–Kier alpha value is 0.130. The Bertz CT molecular complexity index is 104. The monoisotopic (exact) mass is 183 g/mol. The number of hydrogen-bond donors (Lipinski definition) is 2. The number of hydrogen-bond acceptors (Lipinski definition) is 4. The molecular weight excluding hydrogens is 170 g/mol. The fraction of sp³-hybridized carbons (Fsp3) is 1.00. The van der Waals surface area contributed by atoms with Crippen LogP contribution in [0.1, 0.15) is 0 Å². The van der Waals surface area contributed by atoms with Crippen LogP contribution in [0.3, 0.4) is 0 Å². The highest BCUT2D eigenvalue weighted by molar-refractivity contribution is 5.85. The van der Waals surface area contributed by atoms with Crippen LogP contribution in [0.2, 0.25) is 0 Å². The molecule has 1 rings (SSSR count). The van der Waals surface area contributed by atoms with Crippen LogP contribution in [-0.2, 0) is 9.47 Å². The third-order valence-electron chi connectivity index (χ3n) is 1.49. The number of halogens is 1. The number of nitrogens with two attached hydrogens (primary N) is 1. The summed E-state index contributed by atoms with van der Waals surface area (Å²) >= 11 is 0. The summed E-state index contributed by atoms with van der Waals surface area (Å²) < 4.78 is 10.1. The van der Waals surface area contributed by atoms with E-state index in [9.17, 15) is 5.11 Å². The van der Waals surface area contributed by atoms with Crippen molar-refractivity contribution in [2.45, 2.75) is 5.60 Å². The van der Waals surface area contributed by atoms with E-state index < -0.39 is 5.60 Å². The Kier molecular flexibility index (Phi) is 4.96. The van der Waals surface area contributed by atoms with E-state index >= 15 is 0 Å². The zero-order valence-electron chi connectivity index (χ0n) is 6.28. The first-order valence-corrected chi connectivity index (χ1v) is 3.35. The molecule has 0 saturated carbocycles. The summed E-state index contributed by atoms with van der Waals surface area (Å²) in [6, 6.07) is 0. The highest BCUT2D eigenvalue weighted by Gasteiger charge is 2.27. The van der Waals surface area contributed by atoms with Gasteiger partial charge in [0, 0.05) is 6.54 Å². The minimum absolute atomic E-state index is 0. The Labute approximate surface area is 72.1 Å². The summed E-state index contributed by atoms with van der Waals surface area (Å²) in [5.74, 6) is 0. The van der Waals surface area contributed by atoms with E-state index in [2.05, 4.69) is 0 Å². The third kappa shape index (κ3) is 3.35.